The second kappa shape index (κ2) is 6.10. The van der Waals surface area contributed by atoms with E-state index >= 15 is 0 Å². The monoisotopic (exact) mass is 367 g/mol. The van der Waals surface area contributed by atoms with Gasteiger partial charge in [-0.15, -0.1) is 0 Å². The molecule has 0 aliphatic carbocycles. The molecule has 0 atom stereocenters. The summed E-state index contributed by atoms with van der Waals surface area (Å²) in [6.07, 6.45) is 1.69. The molecule has 0 aliphatic rings. The molecule has 19 heavy (non-hydrogen) atoms. The van der Waals surface area contributed by atoms with E-state index in [2.05, 4.69) is 37.9 Å². The lowest BCUT2D eigenvalue weighted by Gasteiger charge is -2.08. The van der Waals surface area contributed by atoms with Crippen LogP contribution in [0.4, 0.5) is 0 Å². The Bertz CT molecular complexity index is 613. The number of hydrogen-bond donors (Lipinski definition) is 1. The number of nitrogens with one attached hydrogen (secondary N) is 1. The van der Waals surface area contributed by atoms with E-state index in [1.165, 1.54) is 0 Å². The summed E-state index contributed by atoms with van der Waals surface area (Å²) in [6, 6.07) is 7.51. The van der Waals surface area contributed by atoms with Crippen LogP contribution < -0.4 is 5.32 Å². The zero-order chi connectivity index (χ0) is 13.8. The van der Waals surface area contributed by atoms with E-state index in [0.29, 0.717) is 17.9 Å². The highest BCUT2D eigenvalue weighted by Gasteiger charge is 2.10. The molecule has 1 aromatic carbocycles. The van der Waals surface area contributed by atoms with Crippen LogP contribution in [0.5, 0.6) is 0 Å². The molecule has 0 bridgehead atoms. The molecule has 1 aromatic heterocycles. The number of rotatable bonds is 3. The van der Waals surface area contributed by atoms with Gasteiger partial charge in [0.2, 0.25) is 0 Å². The molecule has 2 aromatic rings. The van der Waals surface area contributed by atoms with Crippen LogP contribution in [0, 0.1) is 17.4 Å². The van der Waals surface area contributed by atoms with E-state index in [-0.39, 0.29) is 5.91 Å². The van der Waals surface area contributed by atoms with Crippen molar-refractivity contribution in [2.45, 2.75) is 20.4 Å². The lowest BCUT2D eigenvalue weighted by atomic mass is 10.1. The van der Waals surface area contributed by atoms with Crippen molar-refractivity contribution in [2.75, 3.05) is 0 Å². The molecular weight excluding hydrogens is 353 g/mol. The second-order valence-electron chi connectivity index (χ2n) is 4.21. The Labute approximate surface area is 125 Å². The normalized spacial score (nSPS) is 10.3. The van der Waals surface area contributed by atoms with E-state index < -0.39 is 0 Å². The minimum atomic E-state index is -0.0793. The summed E-state index contributed by atoms with van der Waals surface area (Å²) < 4.78 is 0.983. The van der Waals surface area contributed by atoms with E-state index in [4.69, 9.17) is 0 Å². The zero-order valence-electron chi connectivity index (χ0n) is 10.8. The number of amides is 1. The summed E-state index contributed by atoms with van der Waals surface area (Å²) in [7, 11) is 0. The molecule has 0 unspecified atom stereocenters. The quantitative estimate of drug-likeness (QED) is 0.849. The van der Waals surface area contributed by atoms with Gasteiger partial charge in [0.25, 0.3) is 5.91 Å². The molecule has 0 radical (unpaired) electrons. The minimum Gasteiger partial charge on any atom is -0.346 e. The van der Waals surface area contributed by atoms with E-state index in [9.17, 15) is 4.79 Å². The third-order valence-corrected chi connectivity index (χ3v) is 4.13. The number of hydrogen-bond acceptors (Lipinski definition) is 3. The van der Waals surface area contributed by atoms with Crippen LogP contribution in [0.15, 0.2) is 30.5 Å². The Balaban J connectivity index is 2.08. The number of nitrogens with zero attached hydrogens (tertiary/aromatic N) is 2. The number of halogens is 1. The van der Waals surface area contributed by atoms with Gasteiger partial charge in [0.15, 0.2) is 0 Å². The van der Waals surface area contributed by atoms with E-state index in [1.54, 1.807) is 12.3 Å². The van der Waals surface area contributed by atoms with Crippen molar-refractivity contribution in [3.63, 3.8) is 0 Å². The number of aryl methyl sites for hydroxylation is 2. The van der Waals surface area contributed by atoms with Gasteiger partial charge in [-0.2, -0.15) is 0 Å². The van der Waals surface area contributed by atoms with Gasteiger partial charge in [-0.25, -0.2) is 9.97 Å². The number of aromatic nitrogens is 2. The van der Waals surface area contributed by atoms with Crippen molar-refractivity contribution >= 4 is 28.5 Å². The molecule has 5 heteroatoms. The minimum absolute atomic E-state index is 0.0793. The van der Waals surface area contributed by atoms with Crippen LogP contribution in [0.1, 0.15) is 27.4 Å². The first-order valence-electron chi connectivity index (χ1n) is 5.90. The lowest BCUT2D eigenvalue weighted by molar-refractivity contribution is 0.0949. The first-order chi connectivity index (χ1) is 9.08. The van der Waals surface area contributed by atoms with Crippen LogP contribution in [-0.4, -0.2) is 15.9 Å². The van der Waals surface area contributed by atoms with Crippen molar-refractivity contribution in [3.05, 3.63) is 56.7 Å². The molecule has 1 amide bonds. The highest BCUT2D eigenvalue weighted by atomic mass is 127. The van der Waals surface area contributed by atoms with Crippen molar-refractivity contribution in [1.82, 2.24) is 15.3 Å². The summed E-state index contributed by atoms with van der Waals surface area (Å²) in [5.74, 6) is 0.626. The molecule has 1 N–H and O–H groups in total. The predicted octanol–water partition coefficient (Wildman–Crippen LogP) is 2.63. The number of carbonyl (C=O) groups is 1. The average Bonchev–Trinajstić information content (AvgIpc) is 2.39. The summed E-state index contributed by atoms with van der Waals surface area (Å²) in [5.41, 5.74) is 2.61. The molecule has 0 spiro atoms. The SMILES string of the molecule is Cc1nccc(CNC(=O)c2cccc(C)c2I)n1. The summed E-state index contributed by atoms with van der Waals surface area (Å²) in [6.45, 7) is 4.23. The van der Waals surface area contributed by atoms with Crippen LogP contribution in [0.3, 0.4) is 0 Å². The second-order valence-corrected chi connectivity index (χ2v) is 5.29. The van der Waals surface area contributed by atoms with Crippen LogP contribution in [-0.2, 0) is 6.54 Å². The third kappa shape index (κ3) is 3.50. The van der Waals surface area contributed by atoms with Gasteiger partial charge in [-0.1, -0.05) is 12.1 Å². The Hall–Kier alpha value is -1.50. The van der Waals surface area contributed by atoms with Gasteiger partial charge < -0.3 is 5.32 Å². The topological polar surface area (TPSA) is 54.9 Å². The smallest absolute Gasteiger partial charge is 0.252 e. The Morgan fingerprint density at radius 2 is 2.11 bits per heavy atom. The largest absolute Gasteiger partial charge is 0.346 e. The maximum atomic E-state index is 12.1. The van der Waals surface area contributed by atoms with Crippen LogP contribution >= 0.6 is 22.6 Å². The molecule has 0 aliphatic heterocycles. The highest BCUT2D eigenvalue weighted by molar-refractivity contribution is 14.1. The predicted molar refractivity (Wildman–Crippen MR) is 81.8 cm³/mol. The summed E-state index contributed by atoms with van der Waals surface area (Å²) in [5, 5.41) is 2.88. The fraction of sp³-hybridized carbons (Fsp3) is 0.214. The van der Waals surface area contributed by atoms with E-state index in [0.717, 1.165) is 14.8 Å². The molecule has 1 heterocycles. The van der Waals surface area contributed by atoms with Crippen molar-refractivity contribution in [1.29, 1.82) is 0 Å². The first-order valence-corrected chi connectivity index (χ1v) is 6.97. The van der Waals surface area contributed by atoms with Gasteiger partial charge in [-0.3, -0.25) is 4.79 Å². The summed E-state index contributed by atoms with van der Waals surface area (Å²) in [4.78, 5) is 20.4. The fourth-order valence-corrected chi connectivity index (χ4v) is 2.30. The van der Waals surface area contributed by atoms with Gasteiger partial charge in [0.05, 0.1) is 17.8 Å². The van der Waals surface area contributed by atoms with Crippen LogP contribution in [0.25, 0.3) is 0 Å². The van der Waals surface area contributed by atoms with Gasteiger partial charge in [0.1, 0.15) is 5.82 Å². The first kappa shape index (κ1) is 13.9. The van der Waals surface area contributed by atoms with Gasteiger partial charge >= 0.3 is 0 Å². The Kier molecular flexibility index (Phi) is 4.47. The molecule has 0 saturated carbocycles. The van der Waals surface area contributed by atoms with Gasteiger partial charge in [-0.05, 0) is 54.1 Å². The molecule has 0 saturated heterocycles. The summed E-state index contributed by atoms with van der Waals surface area (Å²) >= 11 is 2.19. The van der Waals surface area contributed by atoms with Crippen LogP contribution in [0.2, 0.25) is 0 Å². The lowest BCUT2D eigenvalue weighted by Crippen LogP contribution is -2.24. The van der Waals surface area contributed by atoms with Crippen molar-refractivity contribution in [3.8, 4) is 0 Å². The maximum Gasteiger partial charge on any atom is 0.252 e. The molecule has 2 rings (SSSR count). The molecule has 98 valence electrons. The zero-order valence-corrected chi connectivity index (χ0v) is 12.9. The molecular formula is C14H14IN3O. The van der Waals surface area contributed by atoms with Crippen molar-refractivity contribution in [2.24, 2.45) is 0 Å². The number of benzene rings is 1. The van der Waals surface area contributed by atoms with Crippen molar-refractivity contribution < 1.29 is 4.79 Å². The average molecular weight is 367 g/mol. The van der Waals surface area contributed by atoms with E-state index in [1.807, 2.05) is 32.0 Å². The Morgan fingerprint density at radius 1 is 1.32 bits per heavy atom. The number of carbonyl (C=O) groups excluding carboxylic acids is 1. The standard InChI is InChI=1S/C14H14IN3O/c1-9-4-3-5-12(13(9)15)14(19)17-8-11-6-7-16-10(2)18-11/h3-7H,8H2,1-2H3,(H,17,19). The fourth-order valence-electron chi connectivity index (χ4n) is 1.69. The molecule has 4 nitrogen and oxygen atoms in total. The Morgan fingerprint density at radius 3 is 2.84 bits per heavy atom. The van der Waals surface area contributed by atoms with Gasteiger partial charge in [0, 0.05) is 9.77 Å². The molecule has 0 fully saturated rings. The third-order valence-electron chi connectivity index (χ3n) is 2.70. The highest BCUT2D eigenvalue weighted by Crippen LogP contribution is 2.16. The maximum absolute atomic E-state index is 12.1.